The standard InChI is InChI=1S/C19H26N2O5/c1-13-7-9-20(10-8-13)16-6-5-14(21(24)25)11-15(16)18(23)26-12-17(22)19(2,3)4/h5-6,11,13H,7-10,12H2,1-4H3. The second-order valence-corrected chi connectivity index (χ2v) is 7.88. The first kappa shape index (κ1) is 19.9. The normalized spacial score (nSPS) is 15.6. The molecule has 0 radical (unpaired) electrons. The van der Waals surface area contributed by atoms with Crippen LogP contribution < -0.4 is 4.90 Å². The topological polar surface area (TPSA) is 89.8 Å². The van der Waals surface area contributed by atoms with Gasteiger partial charge < -0.3 is 9.64 Å². The van der Waals surface area contributed by atoms with Crippen molar-refractivity contribution >= 4 is 23.1 Å². The number of ether oxygens (including phenoxy) is 1. The number of nitro groups is 1. The largest absolute Gasteiger partial charge is 0.454 e. The molecule has 7 nitrogen and oxygen atoms in total. The van der Waals surface area contributed by atoms with Crippen LogP contribution in [0.5, 0.6) is 0 Å². The fourth-order valence-corrected chi connectivity index (χ4v) is 2.75. The maximum atomic E-state index is 12.6. The van der Waals surface area contributed by atoms with Gasteiger partial charge in [0.15, 0.2) is 12.4 Å². The smallest absolute Gasteiger partial charge is 0.340 e. The predicted molar refractivity (Wildman–Crippen MR) is 98.5 cm³/mol. The van der Waals surface area contributed by atoms with E-state index in [9.17, 15) is 19.7 Å². The lowest BCUT2D eigenvalue weighted by Gasteiger charge is -2.33. The molecule has 7 heteroatoms. The first-order valence-electron chi connectivity index (χ1n) is 8.83. The third-order valence-corrected chi connectivity index (χ3v) is 4.71. The second-order valence-electron chi connectivity index (χ2n) is 7.88. The Balaban J connectivity index is 2.25. The van der Waals surface area contributed by atoms with Crippen molar-refractivity contribution < 1.29 is 19.2 Å². The lowest BCUT2D eigenvalue weighted by atomic mass is 9.91. The van der Waals surface area contributed by atoms with Crippen molar-refractivity contribution in [3.05, 3.63) is 33.9 Å². The lowest BCUT2D eigenvalue weighted by molar-refractivity contribution is -0.384. The van der Waals surface area contributed by atoms with E-state index in [1.165, 1.54) is 12.1 Å². The minimum atomic E-state index is -0.708. The summed E-state index contributed by atoms with van der Waals surface area (Å²) in [4.78, 5) is 37.2. The van der Waals surface area contributed by atoms with Crippen molar-refractivity contribution in [3.8, 4) is 0 Å². The Labute approximate surface area is 153 Å². The van der Waals surface area contributed by atoms with E-state index >= 15 is 0 Å². The Morgan fingerprint density at radius 2 is 1.88 bits per heavy atom. The quantitative estimate of drug-likeness (QED) is 0.452. The van der Waals surface area contributed by atoms with E-state index in [1.807, 2.05) is 4.90 Å². The summed E-state index contributed by atoms with van der Waals surface area (Å²) in [5.41, 5.74) is -0.0335. The van der Waals surface area contributed by atoms with Crippen LogP contribution in [0.25, 0.3) is 0 Å². The van der Waals surface area contributed by atoms with Gasteiger partial charge in [0, 0.05) is 30.6 Å². The number of benzene rings is 1. The van der Waals surface area contributed by atoms with Crippen molar-refractivity contribution in [1.29, 1.82) is 0 Å². The van der Waals surface area contributed by atoms with E-state index in [1.54, 1.807) is 26.8 Å². The number of rotatable bonds is 5. The molecule has 0 spiro atoms. The highest BCUT2D eigenvalue weighted by molar-refractivity contribution is 5.98. The van der Waals surface area contributed by atoms with Gasteiger partial charge in [-0.05, 0) is 24.8 Å². The molecule has 2 rings (SSSR count). The molecule has 1 saturated heterocycles. The van der Waals surface area contributed by atoms with Crippen molar-refractivity contribution in [2.45, 2.75) is 40.5 Å². The molecule has 0 aromatic heterocycles. The van der Waals surface area contributed by atoms with Gasteiger partial charge in [-0.1, -0.05) is 27.7 Å². The van der Waals surface area contributed by atoms with E-state index < -0.39 is 16.3 Å². The van der Waals surface area contributed by atoms with Crippen LogP contribution >= 0.6 is 0 Å². The minimum Gasteiger partial charge on any atom is -0.454 e. The zero-order chi connectivity index (χ0) is 19.5. The average Bonchev–Trinajstić information content (AvgIpc) is 2.58. The molecular formula is C19H26N2O5. The summed E-state index contributed by atoms with van der Waals surface area (Å²) in [5, 5.41) is 11.1. The molecule has 1 aromatic carbocycles. The van der Waals surface area contributed by atoms with Crippen LogP contribution in [0.15, 0.2) is 18.2 Å². The molecule has 0 saturated carbocycles. The Morgan fingerprint density at radius 1 is 1.27 bits per heavy atom. The van der Waals surface area contributed by atoms with Gasteiger partial charge >= 0.3 is 5.97 Å². The maximum Gasteiger partial charge on any atom is 0.340 e. The first-order valence-corrected chi connectivity index (χ1v) is 8.83. The van der Waals surface area contributed by atoms with Gasteiger partial charge in [-0.25, -0.2) is 4.79 Å². The number of nitrogens with zero attached hydrogens (tertiary/aromatic N) is 2. The molecule has 1 aromatic rings. The molecule has 1 aliphatic rings. The number of hydrogen-bond donors (Lipinski definition) is 0. The fraction of sp³-hybridized carbons (Fsp3) is 0.579. The average molecular weight is 362 g/mol. The molecule has 1 heterocycles. The highest BCUT2D eigenvalue weighted by Crippen LogP contribution is 2.30. The molecule has 26 heavy (non-hydrogen) atoms. The van der Waals surface area contributed by atoms with Gasteiger partial charge in [-0.2, -0.15) is 0 Å². The van der Waals surface area contributed by atoms with Crippen LogP contribution in [0.1, 0.15) is 50.9 Å². The number of piperidine rings is 1. The minimum absolute atomic E-state index is 0.135. The first-order chi connectivity index (χ1) is 12.1. The summed E-state index contributed by atoms with van der Waals surface area (Å²) in [6, 6.07) is 4.22. The van der Waals surface area contributed by atoms with E-state index in [4.69, 9.17) is 4.74 Å². The van der Waals surface area contributed by atoms with Gasteiger partial charge in [0.25, 0.3) is 5.69 Å². The zero-order valence-electron chi connectivity index (χ0n) is 15.8. The number of ketones is 1. The number of esters is 1. The summed E-state index contributed by atoms with van der Waals surface area (Å²) in [6.45, 7) is 8.63. The van der Waals surface area contributed by atoms with Crippen LogP contribution in [-0.4, -0.2) is 36.4 Å². The lowest BCUT2D eigenvalue weighted by Crippen LogP contribution is -2.34. The van der Waals surface area contributed by atoms with Crippen LogP contribution in [0.4, 0.5) is 11.4 Å². The van der Waals surface area contributed by atoms with Crippen LogP contribution in [-0.2, 0) is 9.53 Å². The van der Waals surface area contributed by atoms with Crippen LogP contribution in [0.2, 0.25) is 0 Å². The number of carbonyl (C=O) groups is 2. The van der Waals surface area contributed by atoms with Gasteiger partial charge in [0.2, 0.25) is 0 Å². The van der Waals surface area contributed by atoms with Gasteiger partial charge in [0.1, 0.15) is 0 Å². The molecule has 0 unspecified atom stereocenters. The highest BCUT2D eigenvalue weighted by atomic mass is 16.6. The molecule has 142 valence electrons. The van der Waals surface area contributed by atoms with Crippen molar-refractivity contribution in [2.75, 3.05) is 24.6 Å². The summed E-state index contributed by atoms with van der Waals surface area (Å²) in [6.07, 6.45) is 1.99. The van der Waals surface area contributed by atoms with Crippen molar-refractivity contribution in [2.24, 2.45) is 11.3 Å². The molecular weight excluding hydrogens is 336 g/mol. The third kappa shape index (κ3) is 4.80. The van der Waals surface area contributed by atoms with Crippen molar-refractivity contribution in [3.63, 3.8) is 0 Å². The van der Waals surface area contributed by atoms with Crippen LogP contribution in [0, 0.1) is 21.4 Å². The van der Waals surface area contributed by atoms with E-state index in [2.05, 4.69) is 6.92 Å². The Kier molecular flexibility index (Phi) is 6.00. The highest BCUT2D eigenvalue weighted by Gasteiger charge is 2.27. The molecule has 0 aliphatic carbocycles. The number of non-ortho nitro benzene ring substituents is 1. The van der Waals surface area contributed by atoms with E-state index in [0.717, 1.165) is 25.9 Å². The molecule has 0 amide bonds. The predicted octanol–water partition coefficient (Wildman–Crippen LogP) is 3.60. The maximum absolute atomic E-state index is 12.6. The third-order valence-electron chi connectivity index (χ3n) is 4.71. The number of Topliss-reactive ketones (excluding diaryl/α,β-unsaturated/α-hetero) is 1. The molecule has 0 bridgehead atoms. The number of carbonyl (C=O) groups excluding carboxylic acids is 2. The molecule has 1 fully saturated rings. The number of nitro benzene ring substituents is 1. The Morgan fingerprint density at radius 3 is 2.42 bits per heavy atom. The molecule has 1 aliphatic heterocycles. The monoisotopic (exact) mass is 362 g/mol. The summed E-state index contributed by atoms with van der Waals surface area (Å²) in [5.74, 6) is -0.298. The van der Waals surface area contributed by atoms with E-state index in [0.29, 0.717) is 11.6 Å². The Bertz CT molecular complexity index is 700. The summed E-state index contributed by atoms with van der Waals surface area (Å²) in [7, 11) is 0. The molecule has 0 atom stereocenters. The van der Waals surface area contributed by atoms with Gasteiger partial charge in [0.05, 0.1) is 16.2 Å². The SMILES string of the molecule is CC1CCN(c2ccc([N+](=O)[O-])cc2C(=O)OCC(=O)C(C)(C)C)CC1. The number of anilines is 1. The second kappa shape index (κ2) is 7.85. The zero-order valence-corrected chi connectivity index (χ0v) is 15.8. The fourth-order valence-electron chi connectivity index (χ4n) is 2.75. The summed E-state index contributed by atoms with van der Waals surface area (Å²) >= 11 is 0. The number of hydrogen-bond acceptors (Lipinski definition) is 6. The Hall–Kier alpha value is -2.44. The van der Waals surface area contributed by atoms with Gasteiger partial charge in [-0.15, -0.1) is 0 Å². The van der Waals surface area contributed by atoms with Crippen LogP contribution in [0.3, 0.4) is 0 Å². The summed E-state index contributed by atoms with van der Waals surface area (Å²) < 4.78 is 5.17. The van der Waals surface area contributed by atoms with E-state index in [-0.39, 0.29) is 23.6 Å². The van der Waals surface area contributed by atoms with Gasteiger partial charge in [-0.3, -0.25) is 14.9 Å². The van der Waals surface area contributed by atoms with Crippen molar-refractivity contribution in [1.82, 2.24) is 0 Å². The molecule has 0 N–H and O–H groups in total.